The molecule has 0 radical (unpaired) electrons. The molecule has 1 N–H and O–H groups in total. The van der Waals surface area contributed by atoms with Gasteiger partial charge in [0.2, 0.25) is 0 Å². The second-order valence-corrected chi connectivity index (χ2v) is 8.74. The molecule has 9 nitrogen and oxygen atoms in total. The van der Waals surface area contributed by atoms with Gasteiger partial charge in [0.25, 0.3) is 11.7 Å². The lowest BCUT2D eigenvalue weighted by atomic mass is 9.95. The van der Waals surface area contributed by atoms with Crippen molar-refractivity contribution in [1.82, 2.24) is 19.2 Å². The molecular weight excluding hydrogens is 448 g/mol. The van der Waals surface area contributed by atoms with Crippen LogP contribution in [0.25, 0.3) is 11.4 Å². The second kappa shape index (κ2) is 9.71. The molecule has 4 rings (SSSR count). The molecule has 9 heteroatoms. The number of pyridine rings is 1. The van der Waals surface area contributed by atoms with Gasteiger partial charge in [-0.1, -0.05) is 18.2 Å². The largest absolute Gasteiger partial charge is 0.505 e. The van der Waals surface area contributed by atoms with E-state index in [0.29, 0.717) is 41.1 Å². The highest BCUT2D eigenvalue weighted by molar-refractivity contribution is 6.46. The molecule has 0 bridgehead atoms. The van der Waals surface area contributed by atoms with Gasteiger partial charge in [-0.2, -0.15) is 0 Å². The molecular formula is C26H28N4O5. The number of methoxy groups -OCH3 is 1. The van der Waals surface area contributed by atoms with Crippen molar-refractivity contribution in [3.63, 3.8) is 0 Å². The number of nitrogens with zero attached hydrogens (tertiary/aromatic N) is 4. The summed E-state index contributed by atoms with van der Waals surface area (Å²) in [5, 5.41) is 11.5. The SMILES string of the molecule is COC(=O)c1ccc([C@@H]2/C(=C(\O)c3c(C)nc4ccccn34)C(=O)C(=O)N2CCCN(C)C)cc1. The number of ether oxygens (including phenoxy) is 1. The van der Waals surface area contributed by atoms with Crippen LogP contribution >= 0.6 is 0 Å². The molecule has 35 heavy (non-hydrogen) atoms. The maximum Gasteiger partial charge on any atom is 0.337 e. The van der Waals surface area contributed by atoms with Crippen LogP contribution in [0.3, 0.4) is 0 Å². The summed E-state index contributed by atoms with van der Waals surface area (Å²) in [6, 6.07) is 11.1. The quantitative estimate of drug-likeness (QED) is 0.242. The molecule has 0 unspecified atom stereocenters. The normalized spacial score (nSPS) is 17.5. The molecule has 1 saturated heterocycles. The fourth-order valence-electron chi connectivity index (χ4n) is 4.46. The summed E-state index contributed by atoms with van der Waals surface area (Å²) >= 11 is 0. The molecule has 2 aromatic heterocycles. The fraction of sp³-hybridized carbons (Fsp3) is 0.308. The van der Waals surface area contributed by atoms with Crippen LogP contribution in [-0.4, -0.2) is 76.2 Å². The summed E-state index contributed by atoms with van der Waals surface area (Å²) in [4.78, 5) is 46.3. The molecule has 0 aliphatic carbocycles. The van der Waals surface area contributed by atoms with Gasteiger partial charge in [-0.25, -0.2) is 9.78 Å². The van der Waals surface area contributed by atoms with E-state index in [4.69, 9.17) is 4.74 Å². The predicted octanol–water partition coefficient (Wildman–Crippen LogP) is 2.80. The van der Waals surface area contributed by atoms with Gasteiger partial charge < -0.3 is 19.6 Å². The number of imidazole rings is 1. The number of aryl methyl sites for hydroxylation is 1. The van der Waals surface area contributed by atoms with Gasteiger partial charge in [-0.05, 0) is 63.8 Å². The van der Waals surface area contributed by atoms with Gasteiger partial charge in [-0.3, -0.25) is 14.0 Å². The maximum atomic E-state index is 13.3. The number of aliphatic hydroxyl groups is 1. The maximum absolute atomic E-state index is 13.3. The Morgan fingerprint density at radius 2 is 1.86 bits per heavy atom. The van der Waals surface area contributed by atoms with Gasteiger partial charge in [0.05, 0.1) is 30.0 Å². The van der Waals surface area contributed by atoms with Crippen LogP contribution in [0.1, 0.15) is 39.8 Å². The lowest BCUT2D eigenvalue weighted by molar-refractivity contribution is -0.139. The molecule has 0 spiro atoms. The van der Waals surface area contributed by atoms with Crippen molar-refractivity contribution in [3.8, 4) is 0 Å². The first-order chi connectivity index (χ1) is 16.7. The molecule has 1 atom stereocenters. The summed E-state index contributed by atoms with van der Waals surface area (Å²) < 4.78 is 6.47. The van der Waals surface area contributed by atoms with Crippen molar-refractivity contribution in [2.24, 2.45) is 0 Å². The molecule has 3 aromatic rings. The number of benzene rings is 1. The van der Waals surface area contributed by atoms with Crippen LogP contribution in [0, 0.1) is 6.92 Å². The standard InChI is InChI=1S/C26H28N4O5/c1-16-21(29-14-6-5-8-19(29)27-16)23(31)20-22(17-9-11-18(12-10-17)26(34)35-4)30(25(33)24(20)32)15-7-13-28(2)3/h5-6,8-12,14,22,31H,7,13,15H2,1-4H3/b23-20+/t22-/m1/s1. The van der Waals surface area contributed by atoms with E-state index in [1.165, 1.54) is 12.0 Å². The van der Waals surface area contributed by atoms with Crippen molar-refractivity contribution >= 4 is 29.1 Å². The summed E-state index contributed by atoms with van der Waals surface area (Å²) in [7, 11) is 5.17. The number of rotatable bonds is 7. The van der Waals surface area contributed by atoms with Crippen LogP contribution in [0.15, 0.2) is 54.2 Å². The molecule has 1 aliphatic rings. The first-order valence-corrected chi connectivity index (χ1v) is 11.3. The molecule has 182 valence electrons. The molecule has 1 aromatic carbocycles. The van der Waals surface area contributed by atoms with Crippen LogP contribution < -0.4 is 0 Å². The third-order valence-corrected chi connectivity index (χ3v) is 6.12. The number of aliphatic hydroxyl groups excluding tert-OH is 1. The van der Waals surface area contributed by atoms with E-state index >= 15 is 0 Å². The van der Waals surface area contributed by atoms with E-state index in [9.17, 15) is 19.5 Å². The number of amides is 1. The third-order valence-electron chi connectivity index (χ3n) is 6.12. The predicted molar refractivity (Wildman–Crippen MR) is 130 cm³/mol. The van der Waals surface area contributed by atoms with Crippen molar-refractivity contribution in [3.05, 3.63) is 76.7 Å². The monoisotopic (exact) mass is 476 g/mol. The summed E-state index contributed by atoms with van der Waals surface area (Å²) in [5.41, 5.74) is 2.47. The highest BCUT2D eigenvalue weighted by Gasteiger charge is 2.46. The van der Waals surface area contributed by atoms with Gasteiger partial charge in [-0.15, -0.1) is 0 Å². The minimum atomic E-state index is -0.808. The van der Waals surface area contributed by atoms with E-state index in [0.717, 1.165) is 6.54 Å². The lowest BCUT2D eigenvalue weighted by Gasteiger charge is -2.26. The van der Waals surface area contributed by atoms with Crippen molar-refractivity contribution < 1.29 is 24.2 Å². The van der Waals surface area contributed by atoms with Crippen molar-refractivity contribution in [2.45, 2.75) is 19.4 Å². The first-order valence-electron chi connectivity index (χ1n) is 11.3. The second-order valence-electron chi connectivity index (χ2n) is 8.74. The Morgan fingerprint density at radius 1 is 1.14 bits per heavy atom. The number of hydrogen-bond donors (Lipinski definition) is 1. The van der Waals surface area contributed by atoms with Crippen LogP contribution in [-0.2, 0) is 14.3 Å². The van der Waals surface area contributed by atoms with E-state index in [1.807, 2.05) is 25.1 Å². The zero-order valence-corrected chi connectivity index (χ0v) is 20.2. The summed E-state index contributed by atoms with van der Waals surface area (Å²) in [5.74, 6) is -2.19. The number of esters is 1. The number of aromatic nitrogens is 2. The molecule has 1 aliphatic heterocycles. The zero-order chi connectivity index (χ0) is 25.3. The first kappa shape index (κ1) is 24.2. The fourth-order valence-corrected chi connectivity index (χ4v) is 4.46. The Labute approximate surface area is 203 Å². The van der Waals surface area contributed by atoms with E-state index < -0.39 is 23.7 Å². The van der Waals surface area contributed by atoms with Gasteiger partial charge in [0.15, 0.2) is 5.76 Å². The minimum Gasteiger partial charge on any atom is -0.505 e. The highest BCUT2D eigenvalue weighted by Crippen LogP contribution is 2.40. The lowest BCUT2D eigenvalue weighted by Crippen LogP contribution is -2.32. The van der Waals surface area contributed by atoms with E-state index in [-0.39, 0.29) is 11.3 Å². The molecule has 1 amide bonds. The highest BCUT2D eigenvalue weighted by atomic mass is 16.5. The summed E-state index contributed by atoms with van der Waals surface area (Å²) in [6.07, 6.45) is 2.39. The topological polar surface area (TPSA) is 104 Å². The molecule has 0 saturated carbocycles. The number of hydrogen-bond acceptors (Lipinski definition) is 7. The molecule has 1 fully saturated rings. The Balaban J connectivity index is 1.86. The number of likely N-dealkylation sites (tertiary alicyclic amines) is 1. The zero-order valence-electron chi connectivity index (χ0n) is 20.2. The van der Waals surface area contributed by atoms with E-state index in [2.05, 4.69) is 4.98 Å². The smallest absolute Gasteiger partial charge is 0.337 e. The minimum absolute atomic E-state index is 0.000533. The average Bonchev–Trinajstić information content (AvgIpc) is 3.31. The number of carbonyl (C=O) groups excluding carboxylic acids is 3. The Hall–Kier alpha value is -3.98. The number of carbonyl (C=O) groups is 3. The Morgan fingerprint density at radius 3 is 2.51 bits per heavy atom. The van der Waals surface area contributed by atoms with Crippen molar-refractivity contribution in [2.75, 3.05) is 34.3 Å². The number of ketones is 1. The van der Waals surface area contributed by atoms with Crippen LogP contribution in [0.4, 0.5) is 0 Å². The molecule has 3 heterocycles. The third kappa shape index (κ3) is 4.42. The van der Waals surface area contributed by atoms with Crippen molar-refractivity contribution in [1.29, 1.82) is 0 Å². The Kier molecular flexibility index (Phi) is 6.70. The number of Topliss-reactive ketones (excluding diaryl/α,β-unsaturated/α-hetero) is 1. The van der Waals surface area contributed by atoms with Gasteiger partial charge >= 0.3 is 5.97 Å². The van der Waals surface area contributed by atoms with Crippen LogP contribution in [0.2, 0.25) is 0 Å². The Bertz CT molecular complexity index is 1320. The van der Waals surface area contributed by atoms with E-state index in [1.54, 1.807) is 53.9 Å². The van der Waals surface area contributed by atoms with Gasteiger partial charge in [0.1, 0.15) is 11.3 Å². The van der Waals surface area contributed by atoms with Crippen LogP contribution in [0.5, 0.6) is 0 Å². The van der Waals surface area contributed by atoms with Gasteiger partial charge in [0, 0.05) is 12.7 Å². The number of fused-ring (bicyclic) bond motifs is 1. The summed E-state index contributed by atoms with van der Waals surface area (Å²) in [6.45, 7) is 2.80. The average molecular weight is 477 g/mol.